The maximum atomic E-state index is 13.9. The fourth-order valence-electron chi connectivity index (χ4n) is 6.88. The van der Waals surface area contributed by atoms with Crippen molar-refractivity contribution in [3.63, 3.8) is 0 Å². The Hall–Kier alpha value is -6.36. The number of carbonyl (C=O) groups excluding carboxylic acids is 9. The van der Waals surface area contributed by atoms with Gasteiger partial charge < -0.3 is 69.9 Å². The summed E-state index contributed by atoms with van der Waals surface area (Å²) >= 11 is 0. The van der Waals surface area contributed by atoms with E-state index in [0.717, 1.165) is 0 Å². The highest BCUT2D eigenvalue weighted by Gasteiger charge is 2.34. The van der Waals surface area contributed by atoms with Gasteiger partial charge in [-0.15, -0.1) is 0 Å². The first kappa shape index (κ1) is 60.7. The van der Waals surface area contributed by atoms with Crippen LogP contribution in [0.2, 0.25) is 0 Å². The Labute approximate surface area is 404 Å². The molecule has 0 aliphatic rings. The molecule has 7 atom stereocenters. The van der Waals surface area contributed by atoms with Crippen LogP contribution in [-0.2, 0) is 54.4 Å². The highest BCUT2D eigenvalue weighted by molar-refractivity contribution is 5.97. The van der Waals surface area contributed by atoms with Crippen molar-refractivity contribution >= 4 is 59.1 Å². The van der Waals surface area contributed by atoms with E-state index in [-0.39, 0.29) is 49.7 Å². The summed E-state index contributed by atoms with van der Waals surface area (Å²) in [5, 5.41) is 39.1. The number of hydrogen-bond acceptors (Lipinski definition) is 13. The number of benzene rings is 1. The SMILES string of the molecule is CC(C)C[C@H](NC(=O)[C@H](CCC(N)=O)NC(=O)CNC(=O)[C@H](CC(C)C)NC(=O)[C@@H](NC(=O)[C@H](Cc1ccc(O)cc1)NC(=O)[C@@H](N)CCCCN)C(C)C)C(=O)N[C@H](C(=O)NCC(=O)O)C(C)C. The Morgan fingerprint density at radius 2 is 1.03 bits per heavy atom. The number of carboxylic acids is 1. The molecule has 0 heterocycles. The van der Waals surface area contributed by atoms with E-state index in [9.17, 15) is 53.1 Å². The molecule has 23 nitrogen and oxygen atoms in total. The van der Waals surface area contributed by atoms with Gasteiger partial charge in [-0.1, -0.05) is 73.9 Å². The fraction of sp³-hybridized carbons (Fsp3) is 0.652. The van der Waals surface area contributed by atoms with Crippen LogP contribution in [0, 0.1) is 23.7 Å². The van der Waals surface area contributed by atoms with Gasteiger partial charge in [-0.25, -0.2) is 0 Å². The molecule has 0 radical (unpaired) electrons. The van der Waals surface area contributed by atoms with E-state index < -0.39 is 126 Å². The van der Waals surface area contributed by atoms with Crippen LogP contribution in [0.1, 0.15) is 106 Å². The predicted molar refractivity (Wildman–Crippen MR) is 255 cm³/mol. The number of carboxylic acid groups (broad SMARTS) is 1. The molecule has 0 aliphatic heterocycles. The number of phenolic OH excluding ortho intramolecular Hbond substituents is 1. The van der Waals surface area contributed by atoms with Crippen LogP contribution in [-0.4, -0.2) is 131 Å². The third kappa shape index (κ3) is 24.0. The summed E-state index contributed by atoms with van der Waals surface area (Å²) in [6.07, 6.45) is 1.08. The molecule has 0 unspecified atom stereocenters. The molecule has 0 aliphatic carbocycles. The molecular formula is C46H77N11O12. The van der Waals surface area contributed by atoms with Crippen molar-refractivity contribution < 1.29 is 58.2 Å². The molecule has 0 fully saturated rings. The molecule has 0 aromatic heterocycles. The minimum Gasteiger partial charge on any atom is -0.508 e. The Morgan fingerprint density at radius 3 is 1.54 bits per heavy atom. The number of aromatic hydroxyl groups is 1. The lowest BCUT2D eigenvalue weighted by Crippen LogP contribution is -2.60. The standard InChI is InChI=1S/C46H77N11O12/c1-24(2)19-32(55-46(69)39(27(7)8)57-44(67)34(21-28-12-14-29(58)15-13-28)53-40(63)30(48)11-9-10-18-47)41(64)50-22-36(60)52-31(16-17-35(49)59)42(65)54-33(20-25(3)4)43(66)56-38(26(5)6)45(68)51-23-37(61)62/h12-15,24-27,30-34,38-39,58H,9-11,16-23,47-48H2,1-8H3,(H2,49,59)(H,50,64)(H,51,68)(H,52,60)(H,53,63)(H,54,65)(H,55,69)(H,56,66)(H,57,67)(H,61,62)/t30-,31-,32-,33-,34-,38-,39-/m0/s1. The largest absolute Gasteiger partial charge is 0.508 e. The number of hydrogen-bond donors (Lipinski definition) is 13. The van der Waals surface area contributed by atoms with Crippen molar-refractivity contribution in [2.24, 2.45) is 40.9 Å². The highest BCUT2D eigenvalue weighted by Crippen LogP contribution is 2.14. The molecule has 9 amide bonds. The Bertz CT molecular complexity index is 1890. The Balaban J connectivity index is 3.23. The molecule has 23 heteroatoms. The van der Waals surface area contributed by atoms with Gasteiger partial charge in [-0.3, -0.25) is 47.9 Å². The van der Waals surface area contributed by atoms with Gasteiger partial charge >= 0.3 is 5.97 Å². The van der Waals surface area contributed by atoms with Crippen molar-refractivity contribution in [1.29, 1.82) is 0 Å². The van der Waals surface area contributed by atoms with E-state index in [0.29, 0.717) is 31.4 Å². The first-order valence-electron chi connectivity index (χ1n) is 23.4. The smallest absolute Gasteiger partial charge is 0.322 e. The van der Waals surface area contributed by atoms with Crippen LogP contribution in [0.5, 0.6) is 5.75 Å². The summed E-state index contributed by atoms with van der Waals surface area (Å²) in [5.74, 6) is -9.52. The van der Waals surface area contributed by atoms with Crippen molar-refractivity contribution in [2.45, 2.75) is 149 Å². The molecule has 0 bridgehead atoms. The van der Waals surface area contributed by atoms with Gasteiger partial charge in [0.2, 0.25) is 53.2 Å². The lowest BCUT2D eigenvalue weighted by Gasteiger charge is -2.28. The zero-order chi connectivity index (χ0) is 52.5. The summed E-state index contributed by atoms with van der Waals surface area (Å²) in [6, 6.07) is -2.38. The van der Waals surface area contributed by atoms with Crippen LogP contribution in [0.4, 0.5) is 0 Å². The van der Waals surface area contributed by atoms with Gasteiger partial charge in [0, 0.05) is 12.8 Å². The average Bonchev–Trinajstić information content (AvgIpc) is 3.26. The van der Waals surface area contributed by atoms with Crippen molar-refractivity contribution in [2.75, 3.05) is 19.6 Å². The number of primary amides is 1. The monoisotopic (exact) mass is 976 g/mol. The van der Waals surface area contributed by atoms with Crippen molar-refractivity contribution in [3.8, 4) is 5.75 Å². The molecule has 0 spiro atoms. The second kappa shape index (κ2) is 30.9. The summed E-state index contributed by atoms with van der Waals surface area (Å²) < 4.78 is 0. The van der Waals surface area contributed by atoms with Gasteiger partial charge in [-0.05, 0) is 80.0 Å². The second-order valence-corrected chi connectivity index (χ2v) is 18.6. The lowest BCUT2D eigenvalue weighted by atomic mass is 9.98. The molecule has 1 aromatic carbocycles. The van der Waals surface area contributed by atoms with Crippen molar-refractivity contribution in [3.05, 3.63) is 29.8 Å². The summed E-state index contributed by atoms with van der Waals surface area (Å²) in [7, 11) is 0. The van der Waals surface area contributed by atoms with Gasteiger partial charge in [-0.2, -0.15) is 0 Å². The number of rotatable bonds is 32. The van der Waals surface area contributed by atoms with Crippen LogP contribution in [0.15, 0.2) is 24.3 Å². The topological polar surface area (TPSA) is 385 Å². The lowest BCUT2D eigenvalue weighted by molar-refractivity contribution is -0.139. The Morgan fingerprint density at radius 1 is 0.551 bits per heavy atom. The van der Waals surface area contributed by atoms with E-state index in [2.05, 4.69) is 42.5 Å². The number of unbranched alkanes of at least 4 members (excludes halogenated alkanes) is 1. The first-order valence-corrected chi connectivity index (χ1v) is 23.4. The predicted octanol–water partition coefficient (Wildman–Crippen LogP) is -1.71. The van der Waals surface area contributed by atoms with Crippen LogP contribution in [0.3, 0.4) is 0 Å². The number of aliphatic carboxylic acids is 1. The quantitative estimate of drug-likeness (QED) is 0.0358. The van der Waals surface area contributed by atoms with Gasteiger partial charge in [0.05, 0.1) is 12.6 Å². The van der Waals surface area contributed by atoms with Crippen LogP contribution < -0.4 is 59.7 Å². The number of carbonyl (C=O) groups is 10. The third-order valence-electron chi connectivity index (χ3n) is 10.7. The summed E-state index contributed by atoms with van der Waals surface area (Å²) in [4.78, 5) is 131. The summed E-state index contributed by atoms with van der Waals surface area (Å²) in [5.41, 5.74) is 17.6. The second-order valence-electron chi connectivity index (χ2n) is 18.6. The van der Waals surface area contributed by atoms with E-state index in [1.165, 1.54) is 12.1 Å². The Kier molecular flexibility index (Phi) is 27.2. The van der Waals surface area contributed by atoms with Crippen LogP contribution in [0.25, 0.3) is 0 Å². The number of amides is 9. The summed E-state index contributed by atoms with van der Waals surface area (Å²) in [6.45, 7) is 12.8. The maximum Gasteiger partial charge on any atom is 0.322 e. The number of phenols is 1. The average molecular weight is 976 g/mol. The van der Waals surface area contributed by atoms with Crippen LogP contribution >= 0.6 is 0 Å². The van der Waals surface area contributed by atoms with E-state index in [1.54, 1.807) is 67.5 Å². The molecular weight excluding hydrogens is 899 g/mol. The van der Waals surface area contributed by atoms with E-state index >= 15 is 0 Å². The fourth-order valence-corrected chi connectivity index (χ4v) is 6.88. The molecule has 388 valence electrons. The zero-order valence-corrected chi connectivity index (χ0v) is 41.1. The highest BCUT2D eigenvalue weighted by atomic mass is 16.4. The molecule has 69 heavy (non-hydrogen) atoms. The van der Waals surface area contributed by atoms with Gasteiger partial charge in [0.1, 0.15) is 48.5 Å². The third-order valence-corrected chi connectivity index (χ3v) is 10.7. The number of nitrogens with one attached hydrogen (secondary N) is 8. The van der Waals surface area contributed by atoms with Gasteiger partial charge in [0.25, 0.3) is 0 Å². The molecule has 0 saturated heterocycles. The van der Waals surface area contributed by atoms with Gasteiger partial charge in [0.15, 0.2) is 0 Å². The van der Waals surface area contributed by atoms with E-state index in [1.807, 2.05) is 0 Å². The minimum atomic E-state index is -1.43. The minimum absolute atomic E-state index is 0.00636. The first-order chi connectivity index (χ1) is 32.2. The maximum absolute atomic E-state index is 13.9. The molecule has 1 aromatic rings. The van der Waals surface area contributed by atoms with Crippen molar-refractivity contribution in [1.82, 2.24) is 42.5 Å². The van der Waals surface area contributed by atoms with E-state index in [4.69, 9.17) is 22.3 Å². The molecule has 16 N–H and O–H groups in total. The molecule has 0 saturated carbocycles. The normalized spacial score (nSPS) is 14.3. The molecule has 1 rings (SSSR count). The zero-order valence-electron chi connectivity index (χ0n) is 41.1. The number of nitrogens with two attached hydrogens (primary N) is 3.